The lowest BCUT2D eigenvalue weighted by Gasteiger charge is -2.25. The van der Waals surface area contributed by atoms with Gasteiger partial charge < -0.3 is 43.4 Å². The summed E-state index contributed by atoms with van der Waals surface area (Å²) < 4.78 is 0. The van der Waals surface area contributed by atoms with E-state index in [9.17, 15) is 24.3 Å². The number of aliphatic hydroxyl groups excluding tert-OH is 1. The molecule has 0 radical (unpaired) electrons. The Bertz CT molecular complexity index is 858. The molecular formula is C21H33N7O6. The maximum absolute atomic E-state index is 12.8. The zero-order valence-electron chi connectivity index (χ0n) is 18.9. The smallest absolute Gasteiger partial charge is 0.322 e. The number of nitrogens with one attached hydrogen (secondary N) is 3. The number of amides is 3. The second-order valence-electron chi connectivity index (χ2n) is 7.64. The predicted molar refractivity (Wildman–Crippen MR) is 124 cm³/mol. The van der Waals surface area contributed by atoms with Crippen molar-refractivity contribution < 1.29 is 29.4 Å². The van der Waals surface area contributed by atoms with Crippen molar-refractivity contribution >= 4 is 29.7 Å². The summed E-state index contributed by atoms with van der Waals surface area (Å²) in [5, 5.41) is 25.9. The van der Waals surface area contributed by atoms with Gasteiger partial charge in [-0.15, -0.1) is 0 Å². The Morgan fingerprint density at radius 3 is 2.24 bits per heavy atom. The molecule has 0 spiro atoms. The lowest BCUT2D eigenvalue weighted by atomic mass is 10.0. The van der Waals surface area contributed by atoms with E-state index in [1.807, 2.05) is 6.07 Å². The van der Waals surface area contributed by atoms with Crippen molar-refractivity contribution in [3.8, 4) is 0 Å². The van der Waals surface area contributed by atoms with Crippen LogP contribution >= 0.6 is 0 Å². The SMILES string of the molecule is CC(O)C(NC(=O)C(N)Cc1ccccc1)C(=O)NC(CCCN=C(N)N)C(=O)NCC(=O)O. The lowest BCUT2D eigenvalue weighted by Crippen LogP contribution is -2.59. The number of aliphatic carboxylic acids is 1. The van der Waals surface area contributed by atoms with Crippen LogP contribution in [0.1, 0.15) is 25.3 Å². The van der Waals surface area contributed by atoms with Gasteiger partial charge in [0.1, 0.15) is 18.6 Å². The molecule has 34 heavy (non-hydrogen) atoms. The fraction of sp³-hybridized carbons (Fsp3) is 0.476. The molecule has 4 unspecified atom stereocenters. The van der Waals surface area contributed by atoms with Gasteiger partial charge in [-0.2, -0.15) is 0 Å². The summed E-state index contributed by atoms with van der Waals surface area (Å²) in [6.07, 6.45) is -0.734. The van der Waals surface area contributed by atoms with Gasteiger partial charge in [-0.3, -0.25) is 24.2 Å². The molecule has 0 aliphatic carbocycles. The molecule has 0 aromatic heterocycles. The minimum atomic E-state index is -1.40. The number of hydrogen-bond acceptors (Lipinski definition) is 7. The highest BCUT2D eigenvalue weighted by molar-refractivity contribution is 5.94. The highest BCUT2D eigenvalue weighted by atomic mass is 16.4. The quantitative estimate of drug-likeness (QED) is 0.0778. The van der Waals surface area contributed by atoms with Gasteiger partial charge in [0.15, 0.2) is 5.96 Å². The van der Waals surface area contributed by atoms with Gasteiger partial charge in [0.25, 0.3) is 0 Å². The monoisotopic (exact) mass is 479 g/mol. The molecule has 13 heteroatoms. The third-order valence-corrected chi connectivity index (χ3v) is 4.69. The first-order valence-electron chi connectivity index (χ1n) is 10.6. The maximum Gasteiger partial charge on any atom is 0.322 e. The number of rotatable bonds is 14. The number of carbonyl (C=O) groups excluding carboxylic acids is 3. The summed E-state index contributed by atoms with van der Waals surface area (Å²) in [6, 6.07) is 5.49. The fourth-order valence-electron chi connectivity index (χ4n) is 2.95. The zero-order chi connectivity index (χ0) is 25.7. The first kappa shape index (κ1) is 28.3. The van der Waals surface area contributed by atoms with Gasteiger partial charge in [0.05, 0.1) is 12.1 Å². The molecule has 13 nitrogen and oxygen atoms in total. The third-order valence-electron chi connectivity index (χ3n) is 4.69. The highest BCUT2D eigenvalue weighted by Gasteiger charge is 2.31. The van der Waals surface area contributed by atoms with Crippen molar-refractivity contribution in [1.29, 1.82) is 0 Å². The molecule has 0 aliphatic rings. The van der Waals surface area contributed by atoms with E-state index >= 15 is 0 Å². The summed E-state index contributed by atoms with van der Waals surface area (Å²) in [5.41, 5.74) is 17.3. The van der Waals surface area contributed by atoms with Crippen LogP contribution < -0.4 is 33.2 Å². The van der Waals surface area contributed by atoms with Crippen LogP contribution in [0.2, 0.25) is 0 Å². The van der Waals surface area contributed by atoms with Crippen LogP contribution in [0.3, 0.4) is 0 Å². The van der Waals surface area contributed by atoms with Crippen LogP contribution in [0, 0.1) is 0 Å². The van der Waals surface area contributed by atoms with Crippen LogP contribution in [0.5, 0.6) is 0 Å². The van der Waals surface area contributed by atoms with E-state index in [1.165, 1.54) is 6.92 Å². The summed E-state index contributed by atoms with van der Waals surface area (Å²) in [7, 11) is 0. The fourth-order valence-corrected chi connectivity index (χ4v) is 2.95. The largest absolute Gasteiger partial charge is 0.480 e. The molecule has 188 valence electrons. The molecule has 3 amide bonds. The predicted octanol–water partition coefficient (Wildman–Crippen LogP) is -2.84. The van der Waals surface area contributed by atoms with Gasteiger partial charge in [0, 0.05) is 6.54 Å². The first-order valence-corrected chi connectivity index (χ1v) is 10.6. The number of aliphatic hydroxyl groups is 1. The molecule has 1 rings (SSSR count). The van der Waals surface area contributed by atoms with Crippen molar-refractivity contribution in [3.63, 3.8) is 0 Å². The number of aliphatic imine (C=N–C) groups is 1. The number of benzene rings is 1. The standard InChI is InChI=1S/C21H33N7O6/c1-12(29)17(28-18(32)14(22)10-13-6-3-2-4-7-13)20(34)27-15(8-5-9-25-21(23)24)19(33)26-11-16(30)31/h2-4,6-7,12,14-15,17,29H,5,8-11,22H2,1H3,(H,26,33)(H,27,34)(H,28,32)(H,30,31)(H4,23,24,25). The Hall–Kier alpha value is -3.71. The van der Waals surface area contributed by atoms with Crippen molar-refractivity contribution in [3.05, 3.63) is 35.9 Å². The van der Waals surface area contributed by atoms with Crippen LogP contribution in [0.4, 0.5) is 0 Å². The molecule has 4 atom stereocenters. The second-order valence-corrected chi connectivity index (χ2v) is 7.64. The molecule has 0 saturated heterocycles. The molecule has 0 saturated carbocycles. The van der Waals surface area contributed by atoms with Crippen LogP contribution in [0.15, 0.2) is 35.3 Å². The number of carbonyl (C=O) groups is 4. The van der Waals surface area contributed by atoms with E-state index in [0.717, 1.165) is 5.56 Å². The molecule has 0 bridgehead atoms. The molecule has 0 aliphatic heterocycles. The summed E-state index contributed by atoms with van der Waals surface area (Å²) in [4.78, 5) is 52.3. The van der Waals surface area contributed by atoms with E-state index in [4.69, 9.17) is 22.3 Å². The molecular weight excluding hydrogens is 446 g/mol. The summed E-state index contributed by atoms with van der Waals surface area (Å²) in [5.74, 6) is -3.66. The second kappa shape index (κ2) is 14.4. The summed E-state index contributed by atoms with van der Waals surface area (Å²) in [6.45, 7) is 0.821. The van der Waals surface area contributed by atoms with Crippen LogP contribution in [-0.2, 0) is 25.6 Å². The number of carboxylic acids is 1. The van der Waals surface area contributed by atoms with Crippen molar-refractivity contribution in [1.82, 2.24) is 16.0 Å². The topological polar surface area (TPSA) is 235 Å². The minimum absolute atomic E-state index is 0.0714. The van der Waals surface area contributed by atoms with Crippen molar-refractivity contribution in [2.45, 2.75) is 50.4 Å². The number of nitrogens with two attached hydrogens (primary N) is 3. The lowest BCUT2D eigenvalue weighted by molar-refractivity contribution is -0.138. The number of guanidine groups is 1. The Morgan fingerprint density at radius 2 is 1.68 bits per heavy atom. The normalized spacial score (nSPS) is 14.1. The molecule has 0 fully saturated rings. The van der Waals surface area contributed by atoms with Gasteiger partial charge in [-0.05, 0) is 31.7 Å². The van der Waals surface area contributed by atoms with Gasteiger partial charge >= 0.3 is 5.97 Å². The van der Waals surface area contributed by atoms with Gasteiger partial charge in [-0.25, -0.2) is 0 Å². The van der Waals surface area contributed by atoms with E-state index in [2.05, 4.69) is 20.9 Å². The molecule has 1 aromatic carbocycles. The van der Waals surface area contributed by atoms with Crippen LogP contribution in [0.25, 0.3) is 0 Å². The molecule has 1 aromatic rings. The number of nitrogens with zero attached hydrogens (tertiary/aromatic N) is 1. The van der Waals surface area contributed by atoms with Gasteiger partial charge in [-0.1, -0.05) is 30.3 Å². The number of carboxylic acid groups (broad SMARTS) is 1. The van der Waals surface area contributed by atoms with E-state index in [0.29, 0.717) is 0 Å². The van der Waals surface area contributed by atoms with E-state index < -0.39 is 54.5 Å². The Balaban J connectivity index is 2.83. The zero-order valence-corrected chi connectivity index (χ0v) is 18.9. The van der Waals surface area contributed by atoms with Crippen molar-refractivity contribution in [2.24, 2.45) is 22.2 Å². The average Bonchev–Trinajstić information content (AvgIpc) is 2.77. The Kier molecular flexibility index (Phi) is 12.0. The highest BCUT2D eigenvalue weighted by Crippen LogP contribution is 2.05. The number of hydrogen-bond donors (Lipinski definition) is 8. The van der Waals surface area contributed by atoms with Gasteiger partial charge in [0.2, 0.25) is 17.7 Å². The van der Waals surface area contributed by atoms with E-state index in [1.54, 1.807) is 24.3 Å². The maximum atomic E-state index is 12.8. The minimum Gasteiger partial charge on any atom is -0.480 e. The first-order chi connectivity index (χ1) is 16.0. The third kappa shape index (κ3) is 10.7. The molecule has 11 N–H and O–H groups in total. The van der Waals surface area contributed by atoms with E-state index in [-0.39, 0.29) is 31.8 Å². The summed E-state index contributed by atoms with van der Waals surface area (Å²) >= 11 is 0. The Labute approximate surface area is 197 Å². The van der Waals surface area contributed by atoms with Crippen LogP contribution in [-0.4, -0.2) is 77.2 Å². The van der Waals surface area contributed by atoms with Crippen molar-refractivity contribution in [2.75, 3.05) is 13.1 Å². The average molecular weight is 480 g/mol. The Morgan fingerprint density at radius 1 is 1.03 bits per heavy atom. The molecule has 0 heterocycles.